The Morgan fingerprint density at radius 1 is 1.00 bits per heavy atom. The van der Waals surface area contributed by atoms with Crippen LogP contribution in [0.25, 0.3) is 22.5 Å². The summed E-state index contributed by atoms with van der Waals surface area (Å²) in [6.45, 7) is 3.32. The summed E-state index contributed by atoms with van der Waals surface area (Å²) in [6, 6.07) is 17.4. The highest BCUT2D eigenvalue weighted by Gasteiger charge is 2.36. The first-order valence-corrected chi connectivity index (χ1v) is 6.82. The van der Waals surface area contributed by atoms with Gasteiger partial charge in [0.15, 0.2) is 0 Å². The number of carbonyl (C=O) groups is 1. The summed E-state index contributed by atoms with van der Waals surface area (Å²) in [4.78, 5) is 11.6. The van der Waals surface area contributed by atoms with E-state index < -0.39 is 11.4 Å². The molecule has 3 heteroatoms. The Balaban J connectivity index is 2.32. The quantitative estimate of drug-likeness (QED) is 0.773. The molecular weight excluding hydrogens is 264 g/mol. The molecule has 1 aromatic carbocycles. The maximum Gasteiger partial charge on any atom is 0.316 e. The van der Waals surface area contributed by atoms with Gasteiger partial charge in [0.1, 0.15) is 16.9 Å². The average Bonchev–Trinajstić information content (AvgIpc) is 2.94. The van der Waals surface area contributed by atoms with Gasteiger partial charge in [0, 0.05) is 11.1 Å². The van der Waals surface area contributed by atoms with Crippen molar-refractivity contribution in [1.82, 2.24) is 0 Å². The van der Waals surface area contributed by atoms with Crippen molar-refractivity contribution in [3.8, 4) is 22.5 Å². The second-order valence-electron chi connectivity index (χ2n) is 5.63. The highest BCUT2D eigenvalue weighted by molar-refractivity contribution is 5.84. The van der Waals surface area contributed by atoms with Gasteiger partial charge in [-0.1, -0.05) is 42.5 Å². The highest BCUT2D eigenvalue weighted by atomic mass is 16.4. The van der Waals surface area contributed by atoms with Crippen LogP contribution in [0.5, 0.6) is 0 Å². The third kappa shape index (κ3) is 2.21. The molecule has 1 N–H and O–H groups in total. The van der Waals surface area contributed by atoms with Crippen LogP contribution in [0.4, 0.5) is 0 Å². The summed E-state index contributed by atoms with van der Waals surface area (Å²) in [5.41, 5.74) is 1.64. The van der Waals surface area contributed by atoms with Gasteiger partial charge in [-0.05, 0) is 31.5 Å². The lowest BCUT2D eigenvalue weighted by Crippen LogP contribution is -2.29. The van der Waals surface area contributed by atoms with Crippen LogP contribution in [-0.4, -0.2) is 11.1 Å². The predicted molar refractivity (Wildman–Crippen MR) is 81.4 cm³/mol. The lowest BCUT2D eigenvalue weighted by molar-refractivity contribution is -0.143. The van der Waals surface area contributed by atoms with Gasteiger partial charge in [-0.2, -0.15) is 0 Å². The van der Waals surface area contributed by atoms with Gasteiger partial charge in [0.05, 0.1) is 0 Å². The smallest absolute Gasteiger partial charge is 0.316 e. The fourth-order valence-corrected chi connectivity index (χ4v) is 2.41. The number of carboxylic acids is 1. The maximum absolute atomic E-state index is 11.6. The number of rotatable bonds is 3. The van der Waals surface area contributed by atoms with E-state index in [1.54, 1.807) is 13.8 Å². The topological polar surface area (TPSA) is 50.4 Å². The number of carboxylic acid groups (broad SMARTS) is 1. The summed E-state index contributed by atoms with van der Waals surface area (Å²) in [5, 5.41) is 9.53. The zero-order valence-electron chi connectivity index (χ0n) is 12.0. The fourth-order valence-electron chi connectivity index (χ4n) is 2.41. The molecule has 1 aromatic rings. The van der Waals surface area contributed by atoms with Crippen LogP contribution in [0.1, 0.15) is 19.6 Å². The molecule has 0 saturated carbocycles. The van der Waals surface area contributed by atoms with Gasteiger partial charge in [-0.3, -0.25) is 4.79 Å². The SMILES string of the molecule is CC(C)(C(=O)O)c1oc2cccc-2cc1-c1ccccc1. The first-order valence-electron chi connectivity index (χ1n) is 6.82. The number of benzene rings is 1. The van der Waals surface area contributed by atoms with E-state index in [1.165, 1.54) is 0 Å². The Bertz CT molecular complexity index is 753. The zero-order valence-corrected chi connectivity index (χ0v) is 12.0. The summed E-state index contributed by atoms with van der Waals surface area (Å²) >= 11 is 0. The second kappa shape index (κ2) is 4.77. The Hall–Kier alpha value is -2.55. The fraction of sp³-hybridized carbons (Fsp3) is 0.167. The molecule has 0 atom stereocenters. The van der Waals surface area contributed by atoms with Crippen molar-refractivity contribution in [1.29, 1.82) is 0 Å². The highest BCUT2D eigenvalue weighted by Crippen LogP contribution is 2.39. The van der Waals surface area contributed by atoms with Crippen molar-refractivity contribution in [2.75, 3.05) is 0 Å². The molecule has 3 nitrogen and oxygen atoms in total. The van der Waals surface area contributed by atoms with Crippen molar-refractivity contribution in [2.45, 2.75) is 19.3 Å². The molecule has 0 radical (unpaired) electrons. The summed E-state index contributed by atoms with van der Waals surface area (Å²) in [6.07, 6.45) is 0. The van der Waals surface area contributed by atoms with Gasteiger partial charge in [-0.15, -0.1) is 0 Å². The van der Waals surface area contributed by atoms with E-state index in [9.17, 15) is 9.90 Å². The van der Waals surface area contributed by atoms with Crippen molar-refractivity contribution < 1.29 is 14.3 Å². The standard InChI is InChI=1S/C18H16O3/c1-18(2,17(19)20)16-14(12-7-4-3-5-8-12)11-13-9-6-10-15(13)21-16/h3-11H,1-2H3,(H,19,20). The molecule has 3 rings (SSSR count). The van der Waals surface area contributed by atoms with E-state index in [0.29, 0.717) is 11.5 Å². The van der Waals surface area contributed by atoms with Crippen LogP contribution in [0.2, 0.25) is 0 Å². The van der Waals surface area contributed by atoms with Crippen molar-refractivity contribution in [2.24, 2.45) is 0 Å². The van der Waals surface area contributed by atoms with Crippen LogP contribution < -0.4 is 0 Å². The summed E-state index contributed by atoms with van der Waals surface area (Å²) in [7, 11) is 0. The molecule has 2 aliphatic rings. The molecule has 1 aliphatic heterocycles. The Morgan fingerprint density at radius 3 is 2.33 bits per heavy atom. The largest absolute Gasteiger partial charge is 0.481 e. The van der Waals surface area contributed by atoms with E-state index in [1.807, 2.05) is 54.6 Å². The van der Waals surface area contributed by atoms with Crippen LogP contribution in [0, 0.1) is 0 Å². The molecule has 106 valence electrons. The second-order valence-corrected chi connectivity index (χ2v) is 5.63. The zero-order chi connectivity index (χ0) is 15.0. The third-order valence-electron chi connectivity index (χ3n) is 3.75. The van der Waals surface area contributed by atoms with Gasteiger partial charge in [0.2, 0.25) is 0 Å². The molecule has 1 aliphatic carbocycles. The lowest BCUT2D eigenvalue weighted by atomic mass is 9.85. The van der Waals surface area contributed by atoms with Gasteiger partial charge >= 0.3 is 5.97 Å². The number of aliphatic carboxylic acids is 1. The van der Waals surface area contributed by atoms with Crippen molar-refractivity contribution in [3.63, 3.8) is 0 Å². The summed E-state index contributed by atoms with van der Waals surface area (Å²) < 4.78 is 5.93. The van der Waals surface area contributed by atoms with E-state index in [-0.39, 0.29) is 0 Å². The molecule has 0 fully saturated rings. The lowest BCUT2D eigenvalue weighted by Gasteiger charge is -2.23. The molecule has 0 amide bonds. The van der Waals surface area contributed by atoms with E-state index in [2.05, 4.69) is 0 Å². The Morgan fingerprint density at radius 2 is 1.67 bits per heavy atom. The molecule has 0 bridgehead atoms. The molecule has 21 heavy (non-hydrogen) atoms. The van der Waals surface area contributed by atoms with E-state index in [4.69, 9.17) is 4.42 Å². The Kier molecular flexibility index (Phi) is 3.05. The molecule has 0 unspecified atom stereocenters. The predicted octanol–water partition coefficient (Wildman–Crippen LogP) is 4.41. The van der Waals surface area contributed by atoms with Crippen LogP contribution in [0.15, 0.2) is 59.0 Å². The molecule has 0 saturated heterocycles. The number of fused-ring (bicyclic) bond motifs is 1. The molecule has 0 spiro atoms. The van der Waals surface area contributed by atoms with Gasteiger partial charge < -0.3 is 9.52 Å². The van der Waals surface area contributed by atoms with Crippen LogP contribution >= 0.6 is 0 Å². The number of hydrogen-bond acceptors (Lipinski definition) is 2. The van der Waals surface area contributed by atoms with E-state index >= 15 is 0 Å². The normalized spacial score (nSPS) is 11.7. The minimum atomic E-state index is -1.10. The molecule has 0 aromatic heterocycles. The van der Waals surface area contributed by atoms with Crippen LogP contribution in [0.3, 0.4) is 0 Å². The Labute approximate surface area is 123 Å². The summed E-state index contributed by atoms with van der Waals surface area (Å²) in [5.74, 6) is 0.272. The van der Waals surface area contributed by atoms with Gasteiger partial charge in [-0.25, -0.2) is 0 Å². The molecular formula is C18H16O3. The van der Waals surface area contributed by atoms with Crippen LogP contribution in [-0.2, 0) is 10.2 Å². The minimum absolute atomic E-state index is 0.472. The first-order chi connectivity index (χ1) is 10.00. The minimum Gasteiger partial charge on any atom is -0.481 e. The van der Waals surface area contributed by atoms with Crippen molar-refractivity contribution >= 4 is 5.97 Å². The van der Waals surface area contributed by atoms with Crippen molar-refractivity contribution in [3.05, 3.63) is 60.4 Å². The van der Waals surface area contributed by atoms with E-state index in [0.717, 1.165) is 16.7 Å². The average molecular weight is 280 g/mol. The maximum atomic E-state index is 11.6. The molecule has 1 heterocycles. The monoisotopic (exact) mass is 280 g/mol. The van der Waals surface area contributed by atoms with Gasteiger partial charge in [0.25, 0.3) is 0 Å². The first kappa shape index (κ1) is 13.4. The third-order valence-corrected chi connectivity index (χ3v) is 3.75. The number of hydrogen-bond donors (Lipinski definition) is 1.